The van der Waals surface area contributed by atoms with Crippen LogP contribution in [0.15, 0.2) is 29.4 Å². The number of likely N-dealkylation sites (tertiary alicyclic amines) is 1. The summed E-state index contributed by atoms with van der Waals surface area (Å²) < 4.78 is 7.68. The van der Waals surface area contributed by atoms with Crippen molar-refractivity contribution in [3.63, 3.8) is 0 Å². The molecule has 2 atom stereocenters. The van der Waals surface area contributed by atoms with Crippen LogP contribution >= 0.6 is 11.8 Å². The number of fused-ring (bicyclic) bond motifs is 1. The normalized spacial score (nSPS) is 23.1. The maximum absolute atomic E-state index is 13.3. The number of benzene rings is 1. The lowest BCUT2D eigenvalue weighted by molar-refractivity contribution is -0.134. The van der Waals surface area contributed by atoms with E-state index in [0.29, 0.717) is 30.3 Å². The molecule has 35 heavy (non-hydrogen) atoms. The molecule has 2 unspecified atom stereocenters. The standard InChI is InChI=1S/C27H39N5O2S/c1-34-23-14-7-11-21(17-23)28-18-25-29-30-27(32(25)22-12-3-2-4-13-22)35-19-26(33)31-16-8-10-20-9-5-6-15-24(20)31/h7,11,14,17,20,22,24,28H,2-6,8-10,12-13,15-16,18-19H2,1H3. The van der Waals surface area contributed by atoms with Crippen LogP contribution < -0.4 is 10.1 Å². The Morgan fingerprint density at radius 1 is 1.06 bits per heavy atom. The summed E-state index contributed by atoms with van der Waals surface area (Å²) in [4.78, 5) is 15.5. The molecule has 8 heteroatoms. The van der Waals surface area contributed by atoms with Gasteiger partial charge >= 0.3 is 0 Å². The molecule has 2 aromatic rings. The lowest BCUT2D eigenvalue weighted by Crippen LogP contribution is -2.50. The molecule has 190 valence electrons. The van der Waals surface area contributed by atoms with Crippen molar-refractivity contribution in [3.8, 4) is 5.75 Å². The van der Waals surface area contributed by atoms with Gasteiger partial charge in [-0.25, -0.2) is 0 Å². The van der Waals surface area contributed by atoms with Gasteiger partial charge in [0.2, 0.25) is 5.91 Å². The van der Waals surface area contributed by atoms with Crippen molar-refractivity contribution in [2.45, 2.75) is 94.4 Å². The zero-order valence-electron chi connectivity index (χ0n) is 21.0. The average molecular weight is 498 g/mol. The molecule has 1 aromatic heterocycles. The molecule has 0 radical (unpaired) electrons. The van der Waals surface area contributed by atoms with Crippen molar-refractivity contribution >= 4 is 23.4 Å². The molecule has 3 aliphatic rings. The Morgan fingerprint density at radius 3 is 2.71 bits per heavy atom. The van der Waals surface area contributed by atoms with E-state index < -0.39 is 0 Å². The van der Waals surface area contributed by atoms with Crippen LogP contribution in [0.5, 0.6) is 5.75 Å². The molecule has 0 spiro atoms. The number of amides is 1. The number of piperidine rings is 1. The molecule has 7 nitrogen and oxygen atoms in total. The minimum absolute atomic E-state index is 0.279. The summed E-state index contributed by atoms with van der Waals surface area (Å²) in [5.74, 6) is 3.22. The Labute approximate surface area is 213 Å². The summed E-state index contributed by atoms with van der Waals surface area (Å²) in [7, 11) is 1.68. The molecule has 5 rings (SSSR count). The lowest BCUT2D eigenvalue weighted by Gasteiger charge is -2.44. The SMILES string of the molecule is COc1cccc(NCc2nnc(SCC(=O)N3CCCC4CCCCC43)n2C2CCCCC2)c1. The molecule has 1 aromatic carbocycles. The molecule has 1 amide bonds. The van der Waals surface area contributed by atoms with E-state index >= 15 is 0 Å². The predicted octanol–water partition coefficient (Wildman–Crippen LogP) is 5.68. The number of carbonyl (C=O) groups is 1. The number of hydrogen-bond acceptors (Lipinski definition) is 6. The Bertz CT molecular complexity index is 988. The summed E-state index contributed by atoms with van der Waals surface area (Å²) in [6.07, 6.45) is 13.6. The van der Waals surface area contributed by atoms with Gasteiger partial charge in [-0.1, -0.05) is 49.9 Å². The summed E-state index contributed by atoms with van der Waals surface area (Å²) in [6.45, 7) is 1.52. The monoisotopic (exact) mass is 497 g/mol. The van der Waals surface area contributed by atoms with E-state index in [1.54, 1.807) is 18.9 Å². The van der Waals surface area contributed by atoms with E-state index in [9.17, 15) is 4.79 Å². The highest BCUT2D eigenvalue weighted by atomic mass is 32.2. The van der Waals surface area contributed by atoms with Gasteiger partial charge in [0, 0.05) is 30.4 Å². The molecule has 2 heterocycles. The molecule has 3 fully saturated rings. The Hall–Kier alpha value is -2.22. The third-order valence-corrected chi connectivity index (χ3v) is 9.01. The second kappa shape index (κ2) is 11.7. The second-order valence-electron chi connectivity index (χ2n) is 10.3. The number of aromatic nitrogens is 3. The number of carbonyl (C=O) groups excluding carboxylic acids is 1. The molecule has 1 N–H and O–H groups in total. The van der Waals surface area contributed by atoms with Gasteiger partial charge < -0.3 is 19.5 Å². The Balaban J connectivity index is 1.28. The second-order valence-corrected chi connectivity index (χ2v) is 11.2. The largest absolute Gasteiger partial charge is 0.497 e. The third kappa shape index (κ3) is 5.79. The van der Waals surface area contributed by atoms with Crippen LogP contribution in [0.3, 0.4) is 0 Å². The topological polar surface area (TPSA) is 72.3 Å². The quantitative estimate of drug-likeness (QED) is 0.473. The molecular weight excluding hydrogens is 458 g/mol. The summed E-state index contributed by atoms with van der Waals surface area (Å²) >= 11 is 1.58. The van der Waals surface area contributed by atoms with E-state index in [2.05, 4.69) is 25.0 Å². The van der Waals surface area contributed by atoms with Crippen LogP contribution in [0.4, 0.5) is 5.69 Å². The van der Waals surface area contributed by atoms with Crippen LogP contribution in [0.1, 0.15) is 82.5 Å². The number of rotatable bonds is 8. The fourth-order valence-corrected chi connectivity index (χ4v) is 7.20. The van der Waals surface area contributed by atoms with Crippen LogP contribution in [0.2, 0.25) is 0 Å². The molecule has 2 aliphatic carbocycles. The molecule has 1 saturated heterocycles. The van der Waals surface area contributed by atoms with E-state index in [1.807, 2.05) is 24.3 Å². The van der Waals surface area contributed by atoms with Crippen molar-refractivity contribution in [1.82, 2.24) is 19.7 Å². The van der Waals surface area contributed by atoms with E-state index in [4.69, 9.17) is 4.74 Å². The maximum atomic E-state index is 13.3. The van der Waals surface area contributed by atoms with Crippen LogP contribution in [-0.2, 0) is 11.3 Å². The zero-order chi connectivity index (χ0) is 24.0. The van der Waals surface area contributed by atoms with E-state index in [0.717, 1.165) is 48.2 Å². The lowest BCUT2D eigenvalue weighted by atomic mass is 9.78. The smallest absolute Gasteiger partial charge is 0.233 e. The summed E-state index contributed by atoms with van der Waals surface area (Å²) in [5, 5.41) is 13.5. The van der Waals surface area contributed by atoms with Gasteiger partial charge in [0.15, 0.2) is 11.0 Å². The van der Waals surface area contributed by atoms with Crippen molar-refractivity contribution < 1.29 is 9.53 Å². The Kier molecular flexibility index (Phi) is 8.16. The van der Waals surface area contributed by atoms with Gasteiger partial charge in [-0.2, -0.15) is 0 Å². The van der Waals surface area contributed by atoms with Gasteiger partial charge in [-0.05, 0) is 56.6 Å². The number of anilines is 1. The van der Waals surface area contributed by atoms with Crippen molar-refractivity contribution in [2.24, 2.45) is 5.92 Å². The minimum Gasteiger partial charge on any atom is -0.497 e. The van der Waals surface area contributed by atoms with Crippen LogP contribution in [-0.4, -0.2) is 51.0 Å². The number of ether oxygens (including phenoxy) is 1. The molecular formula is C27H39N5O2S. The van der Waals surface area contributed by atoms with Gasteiger partial charge in [-0.15, -0.1) is 10.2 Å². The van der Waals surface area contributed by atoms with Crippen LogP contribution in [0, 0.1) is 5.92 Å². The van der Waals surface area contributed by atoms with Gasteiger partial charge in [-0.3, -0.25) is 4.79 Å². The van der Waals surface area contributed by atoms with Gasteiger partial charge in [0.1, 0.15) is 5.75 Å². The van der Waals surface area contributed by atoms with Crippen molar-refractivity contribution in [2.75, 3.05) is 24.7 Å². The number of methoxy groups -OCH3 is 1. The average Bonchev–Trinajstić information content (AvgIpc) is 3.33. The first kappa shape index (κ1) is 24.5. The van der Waals surface area contributed by atoms with Crippen molar-refractivity contribution in [1.29, 1.82) is 0 Å². The van der Waals surface area contributed by atoms with E-state index in [1.165, 1.54) is 51.4 Å². The predicted molar refractivity (Wildman–Crippen MR) is 140 cm³/mol. The van der Waals surface area contributed by atoms with Crippen molar-refractivity contribution in [3.05, 3.63) is 30.1 Å². The summed E-state index contributed by atoms with van der Waals surface area (Å²) in [5.41, 5.74) is 0.999. The summed E-state index contributed by atoms with van der Waals surface area (Å²) in [6, 6.07) is 8.83. The molecule has 2 saturated carbocycles. The van der Waals surface area contributed by atoms with Crippen LogP contribution in [0.25, 0.3) is 0 Å². The fraction of sp³-hybridized carbons (Fsp3) is 0.667. The highest BCUT2D eigenvalue weighted by Crippen LogP contribution is 2.37. The zero-order valence-corrected chi connectivity index (χ0v) is 21.8. The van der Waals surface area contributed by atoms with Gasteiger partial charge in [0.05, 0.1) is 19.4 Å². The first-order chi connectivity index (χ1) is 17.2. The number of hydrogen-bond donors (Lipinski definition) is 1. The minimum atomic E-state index is 0.279. The third-order valence-electron chi connectivity index (χ3n) is 8.08. The molecule has 1 aliphatic heterocycles. The van der Waals surface area contributed by atoms with Gasteiger partial charge in [0.25, 0.3) is 0 Å². The number of nitrogens with zero attached hydrogens (tertiary/aromatic N) is 4. The van der Waals surface area contributed by atoms with E-state index in [-0.39, 0.29) is 5.91 Å². The first-order valence-corrected chi connectivity index (χ1v) is 14.5. The highest BCUT2D eigenvalue weighted by Gasteiger charge is 2.35. The number of nitrogens with one attached hydrogen (secondary N) is 1. The fourth-order valence-electron chi connectivity index (χ4n) is 6.29. The molecule has 0 bridgehead atoms. The Morgan fingerprint density at radius 2 is 1.86 bits per heavy atom. The highest BCUT2D eigenvalue weighted by molar-refractivity contribution is 7.99. The maximum Gasteiger partial charge on any atom is 0.233 e. The number of thioether (sulfide) groups is 1. The first-order valence-electron chi connectivity index (χ1n) is 13.5.